The zero-order chi connectivity index (χ0) is 21.3. The largest absolute Gasteiger partial charge is 0.379 e. The van der Waals surface area contributed by atoms with Crippen LogP contribution in [-0.2, 0) is 26.9 Å². The molecule has 31 heavy (non-hydrogen) atoms. The van der Waals surface area contributed by atoms with Gasteiger partial charge >= 0.3 is 0 Å². The summed E-state index contributed by atoms with van der Waals surface area (Å²) in [6.45, 7) is 1.69. The van der Waals surface area contributed by atoms with Gasteiger partial charge in [0, 0.05) is 36.2 Å². The monoisotopic (exact) mass is 476 g/mol. The van der Waals surface area contributed by atoms with E-state index in [1.807, 2.05) is 12.1 Å². The molecule has 2 aliphatic rings. The molecule has 0 unspecified atom stereocenters. The normalized spacial score (nSPS) is 17.8. The van der Waals surface area contributed by atoms with E-state index in [0.717, 1.165) is 35.8 Å². The minimum atomic E-state index is -3.49. The number of aromatic nitrogens is 3. The van der Waals surface area contributed by atoms with Gasteiger partial charge < -0.3 is 9.30 Å². The molecule has 5 rings (SSSR count). The van der Waals surface area contributed by atoms with Crippen molar-refractivity contribution in [1.29, 1.82) is 0 Å². The third-order valence-corrected chi connectivity index (χ3v) is 9.22. The van der Waals surface area contributed by atoms with Crippen molar-refractivity contribution in [1.82, 2.24) is 19.1 Å². The molecule has 1 saturated carbocycles. The van der Waals surface area contributed by atoms with E-state index in [9.17, 15) is 8.42 Å². The molecule has 1 aliphatic heterocycles. The van der Waals surface area contributed by atoms with E-state index in [-0.39, 0.29) is 0 Å². The highest BCUT2D eigenvalue weighted by Crippen LogP contribution is 2.40. The fourth-order valence-corrected chi connectivity index (χ4v) is 6.82. The quantitative estimate of drug-likeness (QED) is 0.463. The smallest absolute Gasteiger partial charge is 0.243 e. The maximum atomic E-state index is 13.0. The molecule has 0 radical (unpaired) electrons. The Morgan fingerprint density at radius 2 is 1.97 bits per heavy atom. The van der Waals surface area contributed by atoms with Crippen LogP contribution >= 0.6 is 23.1 Å². The van der Waals surface area contributed by atoms with Gasteiger partial charge in [-0.25, -0.2) is 8.42 Å². The number of nitrogens with zero attached hydrogens (tertiary/aromatic N) is 4. The second kappa shape index (κ2) is 9.03. The lowest BCUT2D eigenvalue weighted by molar-refractivity contribution is 0.0730. The molecule has 3 heterocycles. The van der Waals surface area contributed by atoms with Crippen molar-refractivity contribution in [2.45, 2.75) is 41.1 Å². The Balaban J connectivity index is 1.31. The third-order valence-electron chi connectivity index (χ3n) is 5.43. The lowest BCUT2D eigenvalue weighted by atomic mass is 10.2. The van der Waals surface area contributed by atoms with Crippen LogP contribution in [0, 0.1) is 0 Å². The number of rotatable bonds is 8. The molecule has 1 aromatic carbocycles. The molecule has 2 aromatic heterocycles. The van der Waals surface area contributed by atoms with E-state index in [0.29, 0.717) is 43.0 Å². The van der Waals surface area contributed by atoms with Crippen molar-refractivity contribution in [3.8, 4) is 0 Å². The Hall–Kier alpha value is -1.72. The zero-order valence-electron chi connectivity index (χ0n) is 17.0. The highest BCUT2D eigenvalue weighted by atomic mass is 32.2. The Morgan fingerprint density at radius 3 is 2.71 bits per heavy atom. The van der Waals surface area contributed by atoms with Crippen LogP contribution in [0.5, 0.6) is 0 Å². The minimum absolute atomic E-state index is 0.342. The predicted molar refractivity (Wildman–Crippen MR) is 121 cm³/mol. The fourth-order valence-electron chi connectivity index (χ4n) is 3.67. The van der Waals surface area contributed by atoms with E-state index in [1.54, 1.807) is 35.2 Å². The van der Waals surface area contributed by atoms with Gasteiger partial charge in [0.25, 0.3) is 0 Å². The first-order valence-corrected chi connectivity index (χ1v) is 13.7. The summed E-state index contributed by atoms with van der Waals surface area (Å²) < 4.78 is 35.0. The van der Waals surface area contributed by atoms with Crippen molar-refractivity contribution in [3.05, 3.63) is 58.0 Å². The summed E-state index contributed by atoms with van der Waals surface area (Å²) in [5.41, 5.74) is 0.962. The summed E-state index contributed by atoms with van der Waals surface area (Å²) >= 11 is 3.36. The third kappa shape index (κ3) is 4.73. The van der Waals surface area contributed by atoms with Gasteiger partial charge in [-0.15, -0.1) is 21.5 Å². The summed E-state index contributed by atoms with van der Waals surface area (Å²) in [7, 11) is -3.49. The lowest BCUT2D eigenvalue weighted by Gasteiger charge is -2.26. The number of sulfonamides is 1. The Morgan fingerprint density at radius 1 is 1.13 bits per heavy atom. The summed E-state index contributed by atoms with van der Waals surface area (Å²) in [4.78, 5) is 1.63. The number of benzene rings is 1. The van der Waals surface area contributed by atoms with Gasteiger partial charge in [0.15, 0.2) is 5.16 Å². The van der Waals surface area contributed by atoms with E-state index in [2.05, 4.69) is 32.3 Å². The maximum absolute atomic E-state index is 13.0. The maximum Gasteiger partial charge on any atom is 0.243 e. The van der Waals surface area contributed by atoms with Crippen LogP contribution in [0.25, 0.3) is 0 Å². The van der Waals surface area contributed by atoms with Crippen molar-refractivity contribution in [3.63, 3.8) is 0 Å². The van der Waals surface area contributed by atoms with E-state index in [4.69, 9.17) is 4.74 Å². The molecule has 0 bridgehead atoms. The molecular formula is C21H24N4O3S3. The van der Waals surface area contributed by atoms with Crippen LogP contribution in [0.3, 0.4) is 0 Å². The van der Waals surface area contributed by atoms with Crippen LogP contribution in [0.1, 0.15) is 35.1 Å². The molecule has 1 aliphatic carbocycles. The molecule has 2 fully saturated rings. The second-order valence-electron chi connectivity index (χ2n) is 7.71. The van der Waals surface area contributed by atoms with Gasteiger partial charge in [-0.2, -0.15) is 4.31 Å². The summed E-state index contributed by atoms with van der Waals surface area (Å²) in [5.74, 6) is 1.66. The highest BCUT2D eigenvalue weighted by molar-refractivity contribution is 7.98. The number of thioether (sulfide) groups is 1. The van der Waals surface area contributed by atoms with Gasteiger partial charge in [0.2, 0.25) is 10.0 Å². The molecule has 164 valence electrons. The van der Waals surface area contributed by atoms with Gasteiger partial charge in [0.05, 0.1) is 18.1 Å². The first-order valence-electron chi connectivity index (χ1n) is 10.4. The molecule has 0 amide bonds. The Bertz CT molecular complexity index is 1130. The van der Waals surface area contributed by atoms with Gasteiger partial charge in [0.1, 0.15) is 5.82 Å². The minimum Gasteiger partial charge on any atom is -0.379 e. The van der Waals surface area contributed by atoms with E-state index in [1.165, 1.54) is 9.18 Å². The van der Waals surface area contributed by atoms with Crippen LogP contribution in [0.2, 0.25) is 0 Å². The van der Waals surface area contributed by atoms with Gasteiger partial charge in [-0.1, -0.05) is 30.0 Å². The SMILES string of the molecule is O=S(=O)(c1cccc(CSc2nnc(Cc3cccs3)n2C2CC2)c1)N1CCOCC1. The predicted octanol–water partition coefficient (Wildman–Crippen LogP) is 3.58. The number of morpholine rings is 1. The van der Waals surface area contributed by atoms with Gasteiger partial charge in [-0.3, -0.25) is 0 Å². The molecule has 0 spiro atoms. The van der Waals surface area contributed by atoms with Crippen LogP contribution in [-0.4, -0.2) is 53.8 Å². The van der Waals surface area contributed by atoms with Crippen molar-refractivity contribution < 1.29 is 13.2 Å². The Kier molecular flexibility index (Phi) is 6.16. The molecule has 10 heteroatoms. The average Bonchev–Trinajstić information content (AvgIpc) is 3.35. The average molecular weight is 477 g/mol. The standard InChI is InChI=1S/C21H24N4O3S3/c26-31(27,24-8-10-28-11-9-24)19-5-1-3-16(13-19)15-30-21-23-22-20(25(21)17-6-7-17)14-18-4-2-12-29-18/h1-5,12-13,17H,6-11,14-15H2. The van der Waals surface area contributed by atoms with Crippen LogP contribution < -0.4 is 0 Å². The first-order chi connectivity index (χ1) is 15.1. The molecule has 0 N–H and O–H groups in total. The zero-order valence-corrected chi connectivity index (χ0v) is 19.5. The number of hydrogen-bond acceptors (Lipinski definition) is 7. The lowest BCUT2D eigenvalue weighted by Crippen LogP contribution is -2.40. The van der Waals surface area contributed by atoms with Crippen molar-refractivity contribution in [2.24, 2.45) is 0 Å². The highest BCUT2D eigenvalue weighted by Gasteiger charge is 2.30. The summed E-state index contributed by atoms with van der Waals surface area (Å²) in [6, 6.07) is 11.9. The van der Waals surface area contributed by atoms with E-state index < -0.39 is 10.0 Å². The fraction of sp³-hybridized carbons (Fsp3) is 0.429. The molecular weight excluding hydrogens is 452 g/mol. The van der Waals surface area contributed by atoms with Crippen LogP contribution in [0.4, 0.5) is 0 Å². The molecule has 1 saturated heterocycles. The van der Waals surface area contributed by atoms with Crippen LogP contribution in [0.15, 0.2) is 51.8 Å². The van der Waals surface area contributed by atoms with Gasteiger partial charge in [-0.05, 0) is 42.0 Å². The Labute approximate surface area is 190 Å². The number of thiophene rings is 1. The molecule has 7 nitrogen and oxygen atoms in total. The van der Waals surface area contributed by atoms with Crippen molar-refractivity contribution in [2.75, 3.05) is 26.3 Å². The first kappa shape index (κ1) is 21.1. The summed E-state index contributed by atoms with van der Waals surface area (Å²) in [6.07, 6.45) is 3.13. The molecule has 3 aromatic rings. The van der Waals surface area contributed by atoms with E-state index >= 15 is 0 Å². The topological polar surface area (TPSA) is 77.3 Å². The summed E-state index contributed by atoms with van der Waals surface area (Å²) in [5, 5.41) is 11.9. The van der Waals surface area contributed by atoms with Crippen molar-refractivity contribution >= 4 is 33.1 Å². The number of hydrogen-bond donors (Lipinski definition) is 0. The molecule has 0 atom stereocenters. The second-order valence-corrected chi connectivity index (χ2v) is 11.6. The number of ether oxygens (including phenoxy) is 1.